The molecule has 1 heterocycles. The standard InChI is InChI=1S/C29H28BrN3O4/c1-4-10-27-32-24-14-13-21(30)16-22(24)29(35)33(27)31-18-20-15-23(28(34)19-11-8-7-9-12-19)26(37-6-3)17-25(20)36-5-2/h7-9,11-18H,4-6,10H2,1-3H3. The first-order valence-electron chi connectivity index (χ1n) is 12.3. The minimum absolute atomic E-state index is 0.178. The molecule has 7 nitrogen and oxygen atoms in total. The molecule has 0 spiro atoms. The highest BCUT2D eigenvalue weighted by Crippen LogP contribution is 2.31. The number of carbonyl (C=O) groups is 1. The second-order valence-electron chi connectivity index (χ2n) is 8.25. The Balaban J connectivity index is 1.87. The molecule has 0 unspecified atom stereocenters. The van der Waals surface area contributed by atoms with Gasteiger partial charge in [0.2, 0.25) is 0 Å². The van der Waals surface area contributed by atoms with E-state index in [-0.39, 0.29) is 11.3 Å². The van der Waals surface area contributed by atoms with Gasteiger partial charge in [0.25, 0.3) is 5.56 Å². The van der Waals surface area contributed by atoms with Crippen molar-refractivity contribution in [3.63, 3.8) is 0 Å². The molecular formula is C29H28BrN3O4. The van der Waals surface area contributed by atoms with Gasteiger partial charge in [-0.3, -0.25) is 9.59 Å². The van der Waals surface area contributed by atoms with Gasteiger partial charge < -0.3 is 9.47 Å². The van der Waals surface area contributed by atoms with Crippen molar-refractivity contribution in [2.75, 3.05) is 13.2 Å². The fraction of sp³-hybridized carbons (Fsp3) is 0.241. The van der Waals surface area contributed by atoms with Crippen LogP contribution in [0.25, 0.3) is 10.9 Å². The van der Waals surface area contributed by atoms with Crippen LogP contribution in [0.4, 0.5) is 0 Å². The summed E-state index contributed by atoms with van der Waals surface area (Å²) in [5, 5.41) is 5.00. The summed E-state index contributed by atoms with van der Waals surface area (Å²) < 4.78 is 13.8. The Bertz CT molecular complexity index is 1510. The molecule has 0 saturated heterocycles. The van der Waals surface area contributed by atoms with Crippen LogP contribution in [0.15, 0.2) is 75.0 Å². The Morgan fingerprint density at radius 2 is 1.73 bits per heavy atom. The number of aryl methyl sites for hydroxylation is 1. The third kappa shape index (κ3) is 5.80. The maximum Gasteiger partial charge on any atom is 0.282 e. The molecule has 0 amide bonds. The van der Waals surface area contributed by atoms with E-state index in [1.54, 1.807) is 30.3 Å². The first kappa shape index (κ1) is 26.3. The van der Waals surface area contributed by atoms with Crippen LogP contribution >= 0.6 is 15.9 Å². The van der Waals surface area contributed by atoms with Gasteiger partial charge in [0, 0.05) is 28.1 Å². The van der Waals surface area contributed by atoms with Crippen molar-refractivity contribution in [1.82, 2.24) is 9.66 Å². The van der Waals surface area contributed by atoms with Gasteiger partial charge in [0.1, 0.15) is 17.3 Å². The molecule has 0 atom stereocenters. The number of aromatic nitrogens is 2. The molecule has 0 aliphatic heterocycles. The second-order valence-corrected chi connectivity index (χ2v) is 9.16. The van der Waals surface area contributed by atoms with Gasteiger partial charge in [-0.2, -0.15) is 9.78 Å². The molecule has 8 heteroatoms. The Morgan fingerprint density at radius 3 is 2.43 bits per heavy atom. The summed E-state index contributed by atoms with van der Waals surface area (Å²) in [5.74, 6) is 1.31. The summed E-state index contributed by atoms with van der Waals surface area (Å²) >= 11 is 3.43. The predicted molar refractivity (Wildman–Crippen MR) is 149 cm³/mol. The smallest absolute Gasteiger partial charge is 0.282 e. The van der Waals surface area contributed by atoms with Gasteiger partial charge in [-0.25, -0.2) is 4.98 Å². The van der Waals surface area contributed by atoms with Crippen molar-refractivity contribution in [3.8, 4) is 11.5 Å². The average molecular weight is 562 g/mol. The summed E-state index contributed by atoms with van der Waals surface area (Å²) in [6.45, 7) is 6.55. The zero-order valence-electron chi connectivity index (χ0n) is 21.0. The van der Waals surface area contributed by atoms with E-state index in [1.165, 1.54) is 10.9 Å². The van der Waals surface area contributed by atoms with Crippen LogP contribution in [0.1, 0.15) is 54.5 Å². The minimum Gasteiger partial charge on any atom is -0.493 e. The number of hydrogen-bond donors (Lipinski definition) is 0. The molecule has 0 aliphatic rings. The van der Waals surface area contributed by atoms with Crippen LogP contribution in [0.5, 0.6) is 11.5 Å². The molecule has 1 aromatic heterocycles. The SMILES string of the molecule is CCCc1nc2ccc(Br)cc2c(=O)n1N=Cc1cc(C(=O)c2ccccc2)c(OCC)cc1OCC. The van der Waals surface area contributed by atoms with E-state index in [4.69, 9.17) is 9.47 Å². The normalized spacial score (nSPS) is 11.2. The maximum atomic E-state index is 13.4. The van der Waals surface area contributed by atoms with Crippen LogP contribution in [0, 0.1) is 0 Å². The van der Waals surface area contributed by atoms with Gasteiger partial charge in [0.05, 0.1) is 35.9 Å². The highest BCUT2D eigenvalue weighted by atomic mass is 79.9. The topological polar surface area (TPSA) is 82.8 Å². The second kappa shape index (κ2) is 12.0. The van der Waals surface area contributed by atoms with E-state index in [9.17, 15) is 9.59 Å². The molecule has 4 rings (SSSR count). The number of halogens is 1. The Morgan fingerprint density at radius 1 is 1.00 bits per heavy atom. The zero-order chi connectivity index (χ0) is 26.4. The Kier molecular flexibility index (Phi) is 8.50. The first-order valence-corrected chi connectivity index (χ1v) is 13.0. The van der Waals surface area contributed by atoms with E-state index in [0.717, 1.165) is 10.9 Å². The highest BCUT2D eigenvalue weighted by Gasteiger charge is 2.19. The van der Waals surface area contributed by atoms with Crippen molar-refractivity contribution < 1.29 is 14.3 Å². The van der Waals surface area contributed by atoms with E-state index in [1.807, 2.05) is 51.1 Å². The monoisotopic (exact) mass is 561 g/mol. The van der Waals surface area contributed by atoms with Crippen LogP contribution in [0.3, 0.4) is 0 Å². The van der Waals surface area contributed by atoms with Crippen LogP contribution < -0.4 is 15.0 Å². The van der Waals surface area contributed by atoms with Crippen molar-refractivity contribution in [2.45, 2.75) is 33.6 Å². The third-order valence-corrected chi connectivity index (χ3v) is 6.15. The molecule has 4 aromatic rings. The number of carbonyl (C=O) groups excluding carboxylic acids is 1. The number of fused-ring (bicyclic) bond motifs is 1. The molecule has 0 radical (unpaired) electrons. The van der Waals surface area contributed by atoms with Gasteiger partial charge in [-0.1, -0.05) is 53.2 Å². The number of hydrogen-bond acceptors (Lipinski definition) is 6. The molecule has 0 fully saturated rings. The molecule has 0 saturated carbocycles. The summed E-state index contributed by atoms with van der Waals surface area (Å²) in [6.07, 6.45) is 2.92. The van der Waals surface area contributed by atoms with E-state index < -0.39 is 0 Å². The van der Waals surface area contributed by atoms with Gasteiger partial charge in [-0.15, -0.1) is 0 Å². The highest BCUT2D eigenvalue weighted by molar-refractivity contribution is 9.10. The van der Waals surface area contributed by atoms with Crippen molar-refractivity contribution in [3.05, 3.63) is 98.0 Å². The average Bonchev–Trinajstić information content (AvgIpc) is 2.90. The largest absolute Gasteiger partial charge is 0.493 e. The number of nitrogens with zero attached hydrogens (tertiary/aromatic N) is 3. The fourth-order valence-electron chi connectivity index (χ4n) is 3.98. The molecule has 0 N–H and O–H groups in total. The summed E-state index contributed by atoms with van der Waals surface area (Å²) in [5.41, 5.74) is 1.83. The number of ether oxygens (including phenoxy) is 2. The molecular weight excluding hydrogens is 534 g/mol. The quantitative estimate of drug-likeness (QED) is 0.174. The zero-order valence-corrected chi connectivity index (χ0v) is 22.6. The predicted octanol–water partition coefficient (Wildman–Crippen LogP) is 6.02. The first-order chi connectivity index (χ1) is 18.0. The molecule has 3 aromatic carbocycles. The van der Waals surface area contributed by atoms with Crippen molar-refractivity contribution >= 4 is 38.8 Å². The van der Waals surface area contributed by atoms with Gasteiger partial charge in [-0.05, 0) is 44.5 Å². The number of benzene rings is 3. The number of rotatable bonds is 10. The summed E-state index contributed by atoms with van der Waals surface area (Å²) in [7, 11) is 0. The number of ketones is 1. The molecule has 37 heavy (non-hydrogen) atoms. The third-order valence-electron chi connectivity index (χ3n) is 5.65. The molecule has 190 valence electrons. The summed E-state index contributed by atoms with van der Waals surface area (Å²) in [4.78, 5) is 31.4. The minimum atomic E-state index is -0.268. The Labute approximate surface area is 223 Å². The maximum absolute atomic E-state index is 13.4. The van der Waals surface area contributed by atoms with E-state index >= 15 is 0 Å². The Hall–Kier alpha value is -3.78. The van der Waals surface area contributed by atoms with E-state index in [2.05, 4.69) is 26.0 Å². The van der Waals surface area contributed by atoms with Crippen LogP contribution in [0.2, 0.25) is 0 Å². The lowest BCUT2D eigenvalue weighted by molar-refractivity contribution is 0.103. The molecule has 0 bridgehead atoms. The van der Waals surface area contributed by atoms with Crippen molar-refractivity contribution in [1.29, 1.82) is 0 Å². The van der Waals surface area contributed by atoms with Crippen LogP contribution in [-0.2, 0) is 6.42 Å². The fourth-order valence-corrected chi connectivity index (χ4v) is 4.34. The summed E-state index contributed by atoms with van der Waals surface area (Å²) in [6, 6.07) is 17.8. The van der Waals surface area contributed by atoms with Crippen molar-refractivity contribution in [2.24, 2.45) is 5.10 Å². The van der Waals surface area contributed by atoms with E-state index in [0.29, 0.717) is 64.6 Å². The van der Waals surface area contributed by atoms with Gasteiger partial charge in [0.15, 0.2) is 5.78 Å². The molecule has 0 aliphatic carbocycles. The lowest BCUT2D eigenvalue weighted by Gasteiger charge is -2.15. The van der Waals surface area contributed by atoms with Crippen LogP contribution in [-0.4, -0.2) is 34.9 Å². The lowest BCUT2D eigenvalue weighted by Crippen LogP contribution is -2.22. The lowest BCUT2D eigenvalue weighted by atomic mass is 10.00. The van der Waals surface area contributed by atoms with Gasteiger partial charge >= 0.3 is 0 Å².